The van der Waals surface area contributed by atoms with E-state index in [4.69, 9.17) is 0 Å². The predicted molar refractivity (Wildman–Crippen MR) is 102 cm³/mol. The molecule has 1 aliphatic heterocycles. The van der Waals surface area contributed by atoms with Crippen LogP contribution in [0.25, 0.3) is 5.82 Å². The molecule has 1 fully saturated rings. The van der Waals surface area contributed by atoms with Gasteiger partial charge < -0.3 is 10.2 Å². The lowest BCUT2D eigenvalue weighted by atomic mass is 9.91. The molecule has 1 unspecified atom stereocenters. The number of aromatic nitrogens is 3. The lowest BCUT2D eigenvalue weighted by molar-refractivity contribution is -0.139. The van der Waals surface area contributed by atoms with Gasteiger partial charge in [-0.05, 0) is 36.0 Å². The Labute approximate surface area is 159 Å². The van der Waals surface area contributed by atoms with E-state index in [1.165, 1.54) is 0 Å². The first-order valence-corrected chi connectivity index (χ1v) is 9.34. The number of nitrogens with one attached hydrogen (secondary N) is 1. The van der Waals surface area contributed by atoms with Crippen molar-refractivity contribution in [1.29, 1.82) is 0 Å². The van der Waals surface area contributed by atoms with Crippen molar-refractivity contribution in [3.63, 3.8) is 0 Å². The Kier molecular flexibility index (Phi) is 5.58. The van der Waals surface area contributed by atoms with Crippen molar-refractivity contribution in [3.8, 4) is 5.82 Å². The SMILES string of the molecule is CC(C)(C)CC(=O)N1CCCC1C(=O)NCc1ccnc(-n2ccnc2)c1. The fourth-order valence-corrected chi connectivity index (χ4v) is 3.31. The topological polar surface area (TPSA) is 80.1 Å². The Hall–Kier alpha value is -2.70. The van der Waals surface area contributed by atoms with Gasteiger partial charge in [0.2, 0.25) is 11.8 Å². The molecule has 0 saturated carbocycles. The van der Waals surface area contributed by atoms with Crippen LogP contribution in [0.5, 0.6) is 0 Å². The highest BCUT2D eigenvalue weighted by molar-refractivity contribution is 5.88. The first-order valence-electron chi connectivity index (χ1n) is 9.34. The largest absolute Gasteiger partial charge is 0.350 e. The van der Waals surface area contributed by atoms with Gasteiger partial charge in [-0.2, -0.15) is 0 Å². The van der Waals surface area contributed by atoms with Crippen LogP contribution in [0.15, 0.2) is 37.1 Å². The van der Waals surface area contributed by atoms with Crippen molar-refractivity contribution in [2.24, 2.45) is 5.41 Å². The molecule has 144 valence electrons. The van der Waals surface area contributed by atoms with Crippen molar-refractivity contribution in [1.82, 2.24) is 24.8 Å². The van der Waals surface area contributed by atoms with Crippen LogP contribution >= 0.6 is 0 Å². The maximum Gasteiger partial charge on any atom is 0.243 e. The van der Waals surface area contributed by atoms with Gasteiger partial charge in [-0.3, -0.25) is 14.2 Å². The molecule has 1 saturated heterocycles. The number of amides is 2. The second-order valence-corrected chi connectivity index (χ2v) is 8.19. The number of carbonyl (C=O) groups is 2. The van der Waals surface area contributed by atoms with Crippen LogP contribution in [0.2, 0.25) is 0 Å². The smallest absolute Gasteiger partial charge is 0.243 e. The molecule has 1 N–H and O–H groups in total. The second-order valence-electron chi connectivity index (χ2n) is 8.19. The fraction of sp³-hybridized carbons (Fsp3) is 0.500. The molecule has 7 nitrogen and oxygen atoms in total. The van der Waals surface area contributed by atoms with E-state index in [0.717, 1.165) is 24.2 Å². The molecule has 2 amide bonds. The van der Waals surface area contributed by atoms with Crippen LogP contribution in [0.4, 0.5) is 0 Å². The molecule has 7 heteroatoms. The fourth-order valence-electron chi connectivity index (χ4n) is 3.31. The average Bonchev–Trinajstić information content (AvgIpc) is 3.29. The molecule has 2 aromatic heterocycles. The zero-order chi connectivity index (χ0) is 19.4. The van der Waals surface area contributed by atoms with Gasteiger partial charge in [0.15, 0.2) is 0 Å². The maximum atomic E-state index is 12.7. The van der Waals surface area contributed by atoms with E-state index in [1.807, 2.05) is 43.7 Å². The third kappa shape index (κ3) is 4.93. The van der Waals surface area contributed by atoms with Crippen molar-refractivity contribution in [3.05, 3.63) is 42.6 Å². The Bertz CT molecular complexity index is 795. The molecular formula is C20H27N5O2. The zero-order valence-corrected chi connectivity index (χ0v) is 16.2. The van der Waals surface area contributed by atoms with Gasteiger partial charge in [-0.15, -0.1) is 0 Å². The highest BCUT2D eigenvalue weighted by Gasteiger charge is 2.35. The standard InChI is InChI=1S/C20H27N5O2/c1-20(2,3)12-18(26)25-9-4-5-16(25)19(27)23-13-15-6-7-22-17(11-15)24-10-8-21-14-24/h6-8,10-11,14,16H,4-5,9,12-13H2,1-3H3,(H,23,27). The van der Waals surface area contributed by atoms with E-state index >= 15 is 0 Å². The van der Waals surface area contributed by atoms with E-state index in [2.05, 4.69) is 15.3 Å². The van der Waals surface area contributed by atoms with Crippen molar-refractivity contribution >= 4 is 11.8 Å². The maximum absolute atomic E-state index is 12.7. The van der Waals surface area contributed by atoms with Crippen LogP contribution in [0.1, 0.15) is 45.6 Å². The van der Waals surface area contributed by atoms with Gasteiger partial charge in [0.05, 0.1) is 0 Å². The van der Waals surface area contributed by atoms with Crippen LogP contribution in [0.3, 0.4) is 0 Å². The highest BCUT2D eigenvalue weighted by atomic mass is 16.2. The third-order valence-corrected chi connectivity index (χ3v) is 4.60. The van der Waals surface area contributed by atoms with E-state index in [-0.39, 0.29) is 23.3 Å². The average molecular weight is 369 g/mol. The summed E-state index contributed by atoms with van der Waals surface area (Å²) in [5.74, 6) is 0.726. The molecule has 0 radical (unpaired) electrons. The molecule has 27 heavy (non-hydrogen) atoms. The molecule has 1 aliphatic rings. The number of hydrogen-bond acceptors (Lipinski definition) is 4. The van der Waals surface area contributed by atoms with E-state index in [9.17, 15) is 9.59 Å². The summed E-state index contributed by atoms with van der Waals surface area (Å²) < 4.78 is 1.81. The molecule has 0 aromatic carbocycles. The zero-order valence-electron chi connectivity index (χ0n) is 16.2. The molecule has 0 aliphatic carbocycles. The Balaban J connectivity index is 1.60. The van der Waals surface area contributed by atoms with Gasteiger partial charge in [0.1, 0.15) is 18.2 Å². The van der Waals surface area contributed by atoms with Crippen LogP contribution in [-0.2, 0) is 16.1 Å². The second kappa shape index (κ2) is 7.90. The van der Waals surface area contributed by atoms with Crippen LogP contribution in [0, 0.1) is 5.41 Å². The normalized spacial score (nSPS) is 17.1. The first kappa shape index (κ1) is 19.1. The lowest BCUT2D eigenvalue weighted by Gasteiger charge is -2.27. The van der Waals surface area contributed by atoms with Crippen molar-refractivity contribution in [2.45, 2.75) is 52.6 Å². The van der Waals surface area contributed by atoms with E-state index in [1.54, 1.807) is 23.6 Å². The molecule has 1 atom stereocenters. The van der Waals surface area contributed by atoms with Crippen molar-refractivity contribution < 1.29 is 9.59 Å². The number of likely N-dealkylation sites (tertiary alicyclic amines) is 1. The minimum absolute atomic E-state index is 0.0615. The Morgan fingerprint density at radius 3 is 2.81 bits per heavy atom. The number of rotatable bonds is 5. The van der Waals surface area contributed by atoms with Gasteiger partial charge in [0.25, 0.3) is 0 Å². The molecule has 0 spiro atoms. The summed E-state index contributed by atoms with van der Waals surface area (Å²) in [7, 11) is 0. The van der Waals surface area contributed by atoms with Crippen molar-refractivity contribution in [2.75, 3.05) is 6.54 Å². The van der Waals surface area contributed by atoms with E-state index < -0.39 is 0 Å². The summed E-state index contributed by atoms with van der Waals surface area (Å²) in [4.78, 5) is 35.3. The minimum atomic E-state index is -0.366. The molecule has 3 heterocycles. The number of imidazole rings is 1. The van der Waals surface area contributed by atoms with Crippen LogP contribution in [-0.4, -0.2) is 43.8 Å². The number of carbonyl (C=O) groups excluding carboxylic acids is 2. The quantitative estimate of drug-likeness (QED) is 0.877. The molecule has 3 rings (SSSR count). The monoisotopic (exact) mass is 369 g/mol. The summed E-state index contributed by atoms with van der Waals surface area (Å²) in [5.41, 5.74) is 0.870. The Morgan fingerprint density at radius 1 is 1.30 bits per heavy atom. The summed E-state index contributed by atoms with van der Waals surface area (Å²) >= 11 is 0. The number of hydrogen-bond donors (Lipinski definition) is 1. The van der Waals surface area contributed by atoms with Gasteiger partial charge in [-0.25, -0.2) is 9.97 Å². The van der Waals surface area contributed by atoms with Crippen LogP contribution < -0.4 is 5.32 Å². The summed E-state index contributed by atoms with van der Waals surface area (Å²) in [6.45, 7) is 7.18. The van der Waals surface area contributed by atoms with Gasteiger partial charge >= 0.3 is 0 Å². The highest BCUT2D eigenvalue weighted by Crippen LogP contribution is 2.25. The summed E-state index contributed by atoms with van der Waals surface area (Å²) in [6, 6.07) is 3.42. The van der Waals surface area contributed by atoms with Gasteiger partial charge in [0, 0.05) is 38.1 Å². The summed E-state index contributed by atoms with van der Waals surface area (Å²) in [5, 5.41) is 2.98. The molecule has 2 aromatic rings. The Morgan fingerprint density at radius 2 is 2.11 bits per heavy atom. The summed E-state index contributed by atoms with van der Waals surface area (Å²) in [6.07, 6.45) is 8.95. The predicted octanol–water partition coefficient (Wildman–Crippen LogP) is 2.31. The number of pyridine rings is 1. The molecule has 0 bridgehead atoms. The van der Waals surface area contributed by atoms with E-state index in [0.29, 0.717) is 19.5 Å². The third-order valence-electron chi connectivity index (χ3n) is 4.60. The first-order chi connectivity index (χ1) is 12.8. The number of nitrogens with zero attached hydrogens (tertiary/aromatic N) is 4. The van der Waals surface area contributed by atoms with Gasteiger partial charge in [-0.1, -0.05) is 20.8 Å². The molecular weight excluding hydrogens is 342 g/mol. The lowest BCUT2D eigenvalue weighted by Crippen LogP contribution is -2.46. The minimum Gasteiger partial charge on any atom is -0.350 e.